The average molecular weight is 284 g/mol. The van der Waals surface area contributed by atoms with Crippen LogP contribution >= 0.6 is 0 Å². The third-order valence-electron chi connectivity index (χ3n) is 3.27. The number of methoxy groups -OCH3 is 1. The SMILES string of the molecule is COC(=O)c1cccc(N2C(=O)Cc3c(N)ncnc32)c1. The highest BCUT2D eigenvalue weighted by Crippen LogP contribution is 2.35. The van der Waals surface area contributed by atoms with Crippen LogP contribution in [-0.4, -0.2) is 29.0 Å². The summed E-state index contributed by atoms with van der Waals surface area (Å²) in [5.74, 6) is 0.111. The average Bonchev–Trinajstić information content (AvgIpc) is 2.84. The van der Waals surface area contributed by atoms with Crippen molar-refractivity contribution in [1.29, 1.82) is 0 Å². The fraction of sp³-hybridized carbons (Fsp3) is 0.143. The smallest absolute Gasteiger partial charge is 0.337 e. The van der Waals surface area contributed by atoms with Crippen molar-refractivity contribution in [1.82, 2.24) is 9.97 Å². The number of hydrogen-bond acceptors (Lipinski definition) is 6. The molecule has 1 aliphatic rings. The van der Waals surface area contributed by atoms with E-state index in [1.165, 1.54) is 18.3 Å². The van der Waals surface area contributed by atoms with Gasteiger partial charge in [0.1, 0.15) is 18.0 Å². The number of nitrogens with zero attached hydrogens (tertiary/aromatic N) is 3. The molecule has 0 unspecified atom stereocenters. The molecular formula is C14H12N4O3. The molecule has 0 radical (unpaired) electrons. The number of nitrogen functional groups attached to an aromatic ring is 1. The molecule has 0 saturated heterocycles. The molecule has 2 heterocycles. The van der Waals surface area contributed by atoms with Gasteiger partial charge in [0.2, 0.25) is 5.91 Å². The first kappa shape index (κ1) is 13.0. The Morgan fingerprint density at radius 2 is 2.19 bits per heavy atom. The lowest BCUT2D eigenvalue weighted by Crippen LogP contribution is -2.21. The largest absolute Gasteiger partial charge is 0.465 e. The van der Waals surface area contributed by atoms with Gasteiger partial charge in [-0.3, -0.25) is 9.69 Å². The molecule has 1 aromatic carbocycles. The topological polar surface area (TPSA) is 98.4 Å². The zero-order valence-electron chi connectivity index (χ0n) is 11.2. The molecule has 3 rings (SSSR count). The summed E-state index contributed by atoms with van der Waals surface area (Å²) in [5.41, 5.74) is 7.27. The van der Waals surface area contributed by atoms with Gasteiger partial charge >= 0.3 is 5.97 Å². The fourth-order valence-electron chi connectivity index (χ4n) is 2.28. The normalized spacial score (nSPS) is 13.2. The summed E-state index contributed by atoms with van der Waals surface area (Å²) in [4.78, 5) is 33.2. The van der Waals surface area contributed by atoms with E-state index in [0.717, 1.165) is 0 Å². The number of ether oxygens (including phenoxy) is 1. The fourth-order valence-corrected chi connectivity index (χ4v) is 2.28. The summed E-state index contributed by atoms with van der Waals surface area (Å²) >= 11 is 0. The van der Waals surface area contributed by atoms with E-state index in [0.29, 0.717) is 28.5 Å². The van der Waals surface area contributed by atoms with Gasteiger partial charge in [0.15, 0.2) is 0 Å². The molecule has 0 aliphatic carbocycles. The standard InChI is InChI=1S/C14H12N4O3/c1-21-14(20)8-3-2-4-9(5-8)18-11(19)6-10-12(15)16-7-17-13(10)18/h2-5,7H,6H2,1H3,(H2,15,16,17). The molecule has 1 aliphatic heterocycles. The van der Waals surface area contributed by atoms with Gasteiger partial charge in [0.25, 0.3) is 0 Å². The lowest BCUT2D eigenvalue weighted by molar-refractivity contribution is -0.116. The number of benzene rings is 1. The molecule has 7 nitrogen and oxygen atoms in total. The molecule has 7 heteroatoms. The van der Waals surface area contributed by atoms with Crippen LogP contribution in [0.3, 0.4) is 0 Å². The van der Waals surface area contributed by atoms with Crippen LogP contribution < -0.4 is 10.6 Å². The van der Waals surface area contributed by atoms with E-state index in [9.17, 15) is 9.59 Å². The van der Waals surface area contributed by atoms with Crippen LogP contribution in [0.2, 0.25) is 0 Å². The summed E-state index contributed by atoms with van der Waals surface area (Å²) < 4.78 is 4.68. The number of aromatic nitrogens is 2. The van der Waals surface area contributed by atoms with E-state index >= 15 is 0 Å². The maximum Gasteiger partial charge on any atom is 0.337 e. The Morgan fingerprint density at radius 1 is 1.38 bits per heavy atom. The number of hydrogen-bond donors (Lipinski definition) is 1. The number of fused-ring (bicyclic) bond motifs is 1. The molecule has 106 valence electrons. The minimum absolute atomic E-state index is 0.143. The second-order valence-electron chi connectivity index (χ2n) is 4.51. The van der Waals surface area contributed by atoms with Crippen LogP contribution in [-0.2, 0) is 16.0 Å². The zero-order valence-corrected chi connectivity index (χ0v) is 11.2. The minimum Gasteiger partial charge on any atom is -0.465 e. The molecule has 1 amide bonds. The third kappa shape index (κ3) is 2.08. The van der Waals surface area contributed by atoms with Gasteiger partial charge in [-0.05, 0) is 18.2 Å². The number of nitrogens with two attached hydrogens (primary N) is 1. The Bertz CT molecular complexity index is 745. The number of carbonyl (C=O) groups is 2. The molecule has 0 fully saturated rings. The molecule has 0 spiro atoms. The molecule has 21 heavy (non-hydrogen) atoms. The van der Waals surface area contributed by atoms with E-state index < -0.39 is 5.97 Å². The van der Waals surface area contributed by atoms with E-state index in [2.05, 4.69) is 14.7 Å². The van der Waals surface area contributed by atoms with Crippen molar-refractivity contribution in [3.05, 3.63) is 41.7 Å². The maximum absolute atomic E-state index is 12.2. The second kappa shape index (κ2) is 4.86. The van der Waals surface area contributed by atoms with Crippen LogP contribution in [0, 0.1) is 0 Å². The van der Waals surface area contributed by atoms with Crippen LogP contribution in [0.25, 0.3) is 0 Å². The summed E-state index contributed by atoms with van der Waals surface area (Å²) in [5, 5.41) is 0. The predicted octanol–water partition coefficient (Wildman–Crippen LogP) is 1.07. The van der Waals surface area contributed by atoms with Gasteiger partial charge in [0.05, 0.1) is 24.8 Å². The Kier molecular flexibility index (Phi) is 3.02. The minimum atomic E-state index is -0.467. The summed E-state index contributed by atoms with van der Waals surface area (Å²) in [7, 11) is 1.30. The Hall–Kier alpha value is -2.96. The van der Waals surface area contributed by atoms with Gasteiger partial charge in [-0.1, -0.05) is 6.07 Å². The molecule has 0 bridgehead atoms. The highest BCUT2D eigenvalue weighted by molar-refractivity contribution is 6.07. The molecule has 0 atom stereocenters. The quantitative estimate of drug-likeness (QED) is 0.828. The molecular weight excluding hydrogens is 272 g/mol. The van der Waals surface area contributed by atoms with E-state index in [1.54, 1.807) is 24.3 Å². The lowest BCUT2D eigenvalue weighted by atomic mass is 10.2. The Labute approximate surface area is 120 Å². The highest BCUT2D eigenvalue weighted by atomic mass is 16.5. The summed E-state index contributed by atoms with van der Waals surface area (Å²) in [6.07, 6.45) is 1.45. The second-order valence-corrected chi connectivity index (χ2v) is 4.51. The number of carbonyl (C=O) groups excluding carboxylic acids is 2. The van der Waals surface area contributed by atoms with Crippen molar-refractivity contribution in [3.63, 3.8) is 0 Å². The molecule has 0 saturated carbocycles. The van der Waals surface area contributed by atoms with Crippen molar-refractivity contribution in [2.24, 2.45) is 0 Å². The van der Waals surface area contributed by atoms with Gasteiger partial charge in [-0.2, -0.15) is 0 Å². The van der Waals surface area contributed by atoms with Crippen molar-refractivity contribution in [2.75, 3.05) is 17.7 Å². The van der Waals surface area contributed by atoms with Gasteiger partial charge in [-0.15, -0.1) is 0 Å². The van der Waals surface area contributed by atoms with Gasteiger partial charge in [0, 0.05) is 5.56 Å². The highest BCUT2D eigenvalue weighted by Gasteiger charge is 2.32. The summed E-state index contributed by atoms with van der Waals surface area (Å²) in [6.45, 7) is 0. The van der Waals surface area contributed by atoms with Gasteiger partial charge < -0.3 is 10.5 Å². The summed E-state index contributed by atoms with van der Waals surface area (Å²) in [6, 6.07) is 6.59. The van der Waals surface area contributed by atoms with Crippen LogP contribution in [0.15, 0.2) is 30.6 Å². The third-order valence-corrected chi connectivity index (χ3v) is 3.27. The molecule has 2 aromatic rings. The van der Waals surface area contributed by atoms with Crippen molar-refractivity contribution in [2.45, 2.75) is 6.42 Å². The first-order valence-corrected chi connectivity index (χ1v) is 6.22. The van der Waals surface area contributed by atoms with Crippen LogP contribution in [0.5, 0.6) is 0 Å². The number of esters is 1. The number of amides is 1. The Morgan fingerprint density at radius 3 is 2.95 bits per heavy atom. The van der Waals surface area contributed by atoms with Crippen LogP contribution in [0.1, 0.15) is 15.9 Å². The number of rotatable bonds is 2. The van der Waals surface area contributed by atoms with E-state index in [1.807, 2.05) is 0 Å². The monoisotopic (exact) mass is 284 g/mol. The number of anilines is 3. The van der Waals surface area contributed by atoms with Crippen molar-refractivity contribution < 1.29 is 14.3 Å². The van der Waals surface area contributed by atoms with E-state index in [4.69, 9.17) is 5.73 Å². The van der Waals surface area contributed by atoms with E-state index in [-0.39, 0.29) is 12.3 Å². The van der Waals surface area contributed by atoms with Crippen LogP contribution in [0.4, 0.5) is 17.3 Å². The van der Waals surface area contributed by atoms with Crippen molar-refractivity contribution in [3.8, 4) is 0 Å². The lowest BCUT2D eigenvalue weighted by Gasteiger charge is -2.17. The van der Waals surface area contributed by atoms with Gasteiger partial charge in [-0.25, -0.2) is 14.8 Å². The molecule has 2 N–H and O–H groups in total. The maximum atomic E-state index is 12.2. The first-order chi connectivity index (χ1) is 10.1. The Balaban J connectivity index is 2.08. The zero-order chi connectivity index (χ0) is 15.0. The first-order valence-electron chi connectivity index (χ1n) is 6.22. The van der Waals surface area contributed by atoms with Crippen molar-refractivity contribution >= 4 is 29.2 Å². The predicted molar refractivity (Wildman–Crippen MR) is 75.1 cm³/mol. The molecule has 1 aromatic heterocycles.